The maximum Gasteiger partial charge on any atom is 0.150 e. The van der Waals surface area contributed by atoms with Gasteiger partial charge < -0.3 is 4.90 Å². The highest BCUT2D eigenvalue weighted by Gasteiger charge is 2.29. The van der Waals surface area contributed by atoms with E-state index in [1.807, 2.05) is 25.8 Å². The van der Waals surface area contributed by atoms with Crippen LogP contribution in [0.1, 0.15) is 24.7 Å². The van der Waals surface area contributed by atoms with Crippen LogP contribution in [0.5, 0.6) is 0 Å². The van der Waals surface area contributed by atoms with Crippen LogP contribution in [0.4, 0.5) is 5.82 Å². The molecule has 0 bridgehead atoms. The Morgan fingerprint density at radius 2 is 2.10 bits per heavy atom. The van der Waals surface area contributed by atoms with E-state index < -0.39 is 9.84 Å². The number of hydrogen-bond donors (Lipinski definition) is 0. The van der Waals surface area contributed by atoms with E-state index in [4.69, 9.17) is 11.6 Å². The molecule has 0 aliphatic carbocycles. The fourth-order valence-electron chi connectivity index (χ4n) is 2.66. The fraction of sp³-hybridized carbons (Fsp3) is 0.692. The highest BCUT2D eigenvalue weighted by Crippen LogP contribution is 2.27. The molecule has 2 rings (SSSR count). The van der Waals surface area contributed by atoms with Crippen molar-refractivity contribution in [3.05, 3.63) is 16.5 Å². The first-order valence-corrected chi connectivity index (χ1v) is 8.97. The summed E-state index contributed by atoms with van der Waals surface area (Å²) in [6, 6.07) is 0. The van der Waals surface area contributed by atoms with Gasteiger partial charge in [0.25, 0.3) is 0 Å². The average Bonchev–Trinajstić information content (AvgIpc) is 2.67. The molecule has 1 fully saturated rings. The van der Waals surface area contributed by atoms with Crippen molar-refractivity contribution in [1.82, 2.24) is 9.97 Å². The van der Waals surface area contributed by atoms with Crippen LogP contribution in [-0.2, 0) is 16.3 Å². The molecule has 1 unspecified atom stereocenters. The lowest BCUT2D eigenvalue weighted by Crippen LogP contribution is -2.28. The number of rotatable bonds is 4. The van der Waals surface area contributed by atoms with Crippen LogP contribution in [0.25, 0.3) is 0 Å². The van der Waals surface area contributed by atoms with Crippen LogP contribution in [0.2, 0.25) is 5.15 Å². The minimum Gasteiger partial charge on any atom is -0.359 e. The van der Waals surface area contributed by atoms with Gasteiger partial charge in [0.15, 0.2) is 9.84 Å². The molecule has 5 nitrogen and oxygen atoms in total. The molecule has 20 heavy (non-hydrogen) atoms. The Balaban J connectivity index is 2.19. The fourth-order valence-corrected chi connectivity index (χ4v) is 4.85. The van der Waals surface area contributed by atoms with Gasteiger partial charge in [0.1, 0.15) is 16.8 Å². The molecule has 0 saturated carbocycles. The SMILES string of the molecule is CCc1c(Cl)nc(C)nc1N(C)CC1CCS(=O)(=O)C1. The quantitative estimate of drug-likeness (QED) is 0.793. The lowest BCUT2D eigenvalue weighted by atomic mass is 10.1. The lowest BCUT2D eigenvalue weighted by molar-refractivity contribution is 0.578. The van der Waals surface area contributed by atoms with Gasteiger partial charge in [0.05, 0.1) is 11.5 Å². The van der Waals surface area contributed by atoms with Gasteiger partial charge in [-0.15, -0.1) is 0 Å². The van der Waals surface area contributed by atoms with E-state index >= 15 is 0 Å². The molecule has 0 aromatic carbocycles. The highest BCUT2D eigenvalue weighted by atomic mass is 35.5. The van der Waals surface area contributed by atoms with Crippen molar-refractivity contribution in [2.45, 2.75) is 26.7 Å². The van der Waals surface area contributed by atoms with Crippen molar-refractivity contribution in [3.8, 4) is 0 Å². The number of sulfone groups is 1. The zero-order chi connectivity index (χ0) is 14.9. The Morgan fingerprint density at radius 3 is 2.65 bits per heavy atom. The van der Waals surface area contributed by atoms with Crippen LogP contribution in [-0.4, -0.2) is 43.5 Å². The van der Waals surface area contributed by atoms with E-state index in [-0.39, 0.29) is 11.7 Å². The third-order valence-corrected chi connectivity index (χ3v) is 5.77. The Morgan fingerprint density at radius 1 is 1.40 bits per heavy atom. The monoisotopic (exact) mass is 317 g/mol. The molecule has 1 saturated heterocycles. The number of halogens is 1. The first-order chi connectivity index (χ1) is 9.32. The van der Waals surface area contributed by atoms with Crippen LogP contribution in [0.15, 0.2) is 0 Å². The molecule has 1 atom stereocenters. The number of aromatic nitrogens is 2. The summed E-state index contributed by atoms with van der Waals surface area (Å²) in [6.07, 6.45) is 1.48. The predicted octanol–water partition coefficient (Wildman–Crippen LogP) is 1.87. The predicted molar refractivity (Wildman–Crippen MR) is 81.2 cm³/mol. The smallest absolute Gasteiger partial charge is 0.150 e. The Kier molecular flexibility index (Phi) is 4.54. The van der Waals surface area contributed by atoms with Gasteiger partial charge in [-0.1, -0.05) is 18.5 Å². The molecule has 2 heterocycles. The maximum absolute atomic E-state index is 11.5. The number of anilines is 1. The molecule has 1 aromatic heterocycles. The van der Waals surface area contributed by atoms with E-state index in [2.05, 4.69) is 9.97 Å². The second-order valence-electron chi connectivity index (χ2n) is 5.37. The molecule has 1 aromatic rings. The van der Waals surface area contributed by atoms with Crippen molar-refractivity contribution >= 4 is 27.3 Å². The molecule has 0 N–H and O–H groups in total. The minimum atomic E-state index is -2.84. The Hall–Kier alpha value is -0.880. The summed E-state index contributed by atoms with van der Waals surface area (Å²) in [6.45, 7) is 4.50. The van der Waals surface area contributed by atoms with Gasteiger partial charge in [-0.05, 0) is 25.7 Å². The number of hydrogen-bond acceptors (Lipinski definition) is 5. The normalized spacial score (nSPS) is 21.1. The van der Waals surface area contributed by atoms with Gasteiger partial charge in [-0.2, -0.15) is 0 Å². The minimum absolute atomic E-state index is 0.170. The van der Waals surface area contributed by atoms with Crippen LogP contribution < -0.4 is 4.90 Å². The average molecular weight is 318 g/mol. The maximum atomic E-state index is 11.5. The van der Waals surface area contributed by atoms with Gasteiger partial charge >= 0.3 is 0 Å². The van der Waals surface area contributed by atoms with Gasteiger partial charge in [0, 0.05) is 19.2 Å². The first kappa shape index (κ1) is 15.5. The zero-order valence-corrected chi connectivity index (χ0v) is 13.6. The lowest BCUT2D eigenvalue weighted by Gasteiger charge is -2.24. The van der Waals surface area contributed by atoms with Crippen molar-refractivity contribution in [2.75, 3.05) is 30.0 Å². The summed E-state index contributed by atoms with van der Waals surface area (Å²) in [5.41, 5.74) is 0.917. The largest absolute Gasteiger partial charge is 0.359 e. The molecule has 0 amide bonds. The summed E-state index contributed by atoms with van der Waals surface area (Å²) in [4.78, 5) is 10.6. The summed E-state index contributed by atoms with van der Waals surface area (Å²) >= 11 is 6.17. The third kappa shape index (κ3) is 3.41. The summed E-state index contributed by atoms with van der Waals surface area (Å²) in [5.74, 6) is 2.19. The van der Waals surface area contributed by atoms with E-state index in [0.29, 0.717) is 23.3 Å². The molecule has 1 aliphatic heterocycles. The van der Waals surface area contributed by atoms with Crippen molar-refractivity contribution < 1.29 is 8.42 Å². The van der Waals surface area contributed by atoms with Crippen LogP contribution in [0.3, 0.4) is 0 Å². The first-order valence-electron chi connectivity index (χ1n) is 6.77. The Bertz CT molecular complexity index is 604. The molecular formula is C13H20ClN3O2S. The molecule has 0 radical (unpaired) electrons. The topological polar surface area (TPSA) is 63.2 Å². The van der Waals surface area contributed by atoms with Crippen molar-refractivity contribution in [2.24, 2.45) is 5.92 Å². The van der Waals surface area contributed by atoms with E-state index in [1.165, 1.54) is 0 Å². The highest BCUT2D eigenvalue weighted by molar-refractivity contribution is 7.91. The molecule has 112 valence electrons. The number of aryl methyl sites for hydroxylation is 1. The third-order valence-electron chi connectivity index (χ3n) is 3.62. The second-order valence-corrected chi connectivity index (χ2v) is 7.95. The summed E-state index contributed by atoms with van der Waals surface area (Å²) < 4.78 is 23.1. The van der Waals surface area contributed by atoms with Gasteiger partial charge in [-0.3, -0.25) is 0 Å². The summed E-state index contributed by atoms with van der Waals surface area (Å²) in [5, 5.41) is 0.487. The molecule has 7 heteroatoms. The number of nitrogens with zero attached hydrogens (tertiary/aromatic N) is 3. The van der Waals surface area contributed by atoms with Crippen LogP contribution >= 0.6 is 11.6 Å². The van der Waals surface area contributed by atoms with Crippen molar-refractivity contribution in [3.63, 3.8) is 0 Å². The summed E-state index contributed by atoms with van der Waals surface area (Å²) in [7, 11) is -0.908. The van der Waals surface area contributed by atoms with Gasteiger partial charge in [0.2, 0.25) is 0 Å². The zero-order valence-electron chi connectivity index (χ0n) is 12.1. The van der Waals surface area contributed by atoms with E-state index in [9.17, 15) is 8.42 Å². The standard InChI is InChI=1S/C13H20ClN3O2S/c1-4-11-12(14)15-9(2)16-13(11)17(3)7-10-5-6-20(18,19)8-10/h10H,4-8H2,1-3H3. The Labute approximate surface area is 125 Å². The second kappa shape index (κ2) is 5.85. The van der Waals surface area contributed by atoms with Crippen LogP contribution in [0, 0.1) is 12.8 Å². The van der Waals surface area contributed by atoms with E-state index in [1.54, 1.807) is 0 Å². The molecule has 1 aliphatic rings. The van der Waals surface area contributed by atoms with E-state index in [0.717, 1.165) is 24.2 Å². The molecule has 0 spiro atoms. The molecular weight excluding hydrogens is 298 g/mol. The van der Waals surface area contributed by atoms with Gasteiger partial charge in [-0.25, -0.2) is 18.4 Å². The van der Waals surface area contributed by atoms with Crippen molar-refractivity contribution in [1.29, 1.82) is 0 Å².